The number of aryl methyl sites for hydroxylation is 1. The van der Waals surface area contributed by atoms with Gasteiger partial charge in [-0.3, -0.25) is 23.5 Å². The van der Waals surface area contributed by atoms with Crippen LogP contribution in [-0.4, -0.2) is 58.8 Å². The van der Waals surface area contributed by atoms with Crippen LogP contribution in [0.4, 0.5) is 22.1 Å². The molecule has 2 N–H and O–H groups in total. The van der Waals surface area contributed by atoms with Gasteiger partial charge in [0.2, 0.25) is 5.95 Å². The number of rotatable bonds is 5. The highest BCUT2D eigenvalue weighted by Gasteiger charge is 2.34. The Hall–Kier alpha value is -4.52. The summed E-state index contributed by atoms with van der Waals surface area (Å²) >= 11 is 0. The fraction of sp³-hybridized carbons (Fsp3) is 0.385. The fourth-order valence-corrected chi connectivity index (χ4v) is 4.68. The number of carbonyl (C=O) groups excluding carboxylic acids is 1. The number of aliphatic hydroxyl groups is 1. The number of aliphatic hydroxyl groups excluding tert-OH is 1. The zero-order valence-corrected chi connectivity index (χ0v) is 22.2. The molecule has 1 aromatic carbocycles. The van der Waals surface area contributed by atoms with E-state index in [1.165, 1.54) is 20.2 Å². The molecule has 0 spiro atoms. The number of hydrogen-bond donors (Lipinski definition) is 2. The molecular formula is C26H30N8O5. The summed E-state index contributed by atoms with van der Waals surface area (Å²) in [5, 5.41) is 16.4. The second kappa shape index (κ2) is 9.98. The molecule has 4 heterocycles. The van der Waals surface area contributed by atoms with Gasteiger partial charge < -0.3 is 15.2 Å². The maximum absolute atomic E-state index is 13.7. The van der Waals surface area contributed by atoms with Crippen LogP contribution in [0.3, 0.4) is 0 Å². The van der Waals surface area contributed by atoms with Crippen molar-refractivity contribution < 1.29 is 14.6 Å². The smallest absolute Gasteiger partial charge is 0.414 e. The molecule has 204 valence electrons. The van der Waals surface area contributed by atoms with Crippen molar-refractivity contribution in [3.05, 3.63) is 69.3 Å². The van der Waals surface area contributed by atoms with Gasteiger partial charge in [0.05, 0.1) is 36.8 Å². The van der Waals surface area contributed by atoms with Gasteiger partial charge in [-0.1, -0.05) is 18.2 Å². The van der Waals surface area contributed by atoms with Crippen molar-refractivity contribution in [2.75, 3.05) is 23.4 Å². The molecular weight excluding hydrogens is 504 g/mol. The number of benzene rings is 1. The summed E-state index contributed by atoms with van der Waals surface area (Å²) in [6.07, 6.45) is 4.49. The molecule has 1 atom stereocenters. The molecule has 0 aliphatic carbocycles. The summed E-state index contributed by atoms with van der Waals surface area (Å²) < 4.78 is 9.67. The summed E-state index contributed by atoms with van der Waals surface area (Å²) in [4.78, 5) is 50.4. The Kier molecular flexibility index (Phi) is 6.68. The first-order chi connectivity index (χ1) is 18.6. The van der Waals surface area contributed by atoms with Gasteiger partial charge in [-0.15, -0.1) is 0 Å². The predicted octanol–water partition coefficient (Wildman–Crippen LogP) is 2.16. The molecule has 0 radical (unpaired) electrons. The first-order valence-electron chi connectivity index (χ1n) is 12.6. The van der Waals surface area contributed by atoms with Crippen LogP contribution in [-0.2, 0) is 18.3 Å². The Labute approximate surface area is 223 Å². The van der Waals surface area contributed by atoms with E-state index in [-0.39, 0.29) is 30.1 Å². The molecule has 5 rings (SSSR count). The predicted molar refractivity (Wildman–Crippen MR) is 144 cm³/mol. The quantitative estimate of drug-likeness (QED) is 0.393. The molecule has 1 aliphatic heterocycles. The van der Waals surface area contributed by atoms with Gasteiger partial charge in [0.15, 0.2) is 5.65 Å². The maximum atomic E-state index is 13.7. The third-order valence-electron chi connectivity index (χ3n) is 6.39. The minimum absolute atomic E-state index is 0.0491. The van der Waals surface area contributed by atoms with E-state index in [0.717, 1.165) is 0 Å². The van der Waals surface area contributed by atoms with Crippen molar-refractivity contribution >= 4 is 34.4 Å². The number of nitrogens with one attached hydrogen (secondary N) is 1. The van der Waals surface area contributed by atoms with Crippen LogP contribution < -0.4 is 21.5 Å². The summed E-state index contributed by atoms with van der Waals surface area (Å²) in [5.74, 6) is 0.189. The second-order valence-corrected chi connectivity index (χ2v) is 10.3. The van der Waals surface area contributed by atoms with Gasteiger partial charge in [0.1, 0.15) is 11.0 Å². The number of fused-ring (bicyclic) bond motifs is 2. The van der Waals surface area contributed by atoms with E-state index in [4.69, 9.17) is 9.84 Å². The Morgan fingerprint density at radius 1 is 1.21 bits per heavy atom. The van der Waals surface area contributed by atoms with Crippen molar-refractivity contribution in [3.8, 4) is 0 Å². The third kappa shape index (κ3) is 5.00. The van der Waals surface area contributed by atoms with E-state index in [9.17, 15) is 14.4 Å². The van der Waals surface area contributed by atoms with E-state index in [0.29, 0.717) is 29.9 Å². The van der Waals surface area contributed by atoms with Crippen LogP contribution in [0.5, 0.6) is 0 Å². The number of anilines is 3. The van der Waals surface area contributed by atoms with E-state index in [1.807, 2.05) is 12.1 Å². The number of carbonyl (C=O) groups is 1. The van der Waals surface area contributed by atoms with Crippen LogP contribution in [0.25, 0.3) is 11.0 Å². The lowest BCUT2D eigenvalue weighted by Crippen LogP contribution is -2.47. The van der Waals surface area contributed by atoms with Gasteiger partial charge in [0.25, 0.3) is 5.56 Å². The minimum atomic E-state index is -0.665. The van der Waals surface area contributed by atoms with E-state index in [1.54, 1.807) is 57.0 Å². The zero-order valence-electron chi connectivity index (χ0n) is 22.2. The first-order valence-corrected chi connectivity index (χ1v) is 12.6. The van der Waals surface area contributed by atoms with Crippen molar-refractivity contribution in [3.63, 3.8) is 0 Å². The highest BCUT2D eigenvalue weighted by atomic mass is 16.6. The second-order valence-electron chi connectivity index (χ2n) is 10.3. The Morgan fingerprint density at radius 2 is 1.97 bits per heavy atom. The monoisotopic (exact) mass is 534 g/mol. The normalized spacial score (nSPS) is 15.3. The molecule has 3 aromatic heterocycles. The van der Waals surface area contributed by atoms with E-state index in [2.05, 4.69) is 20.4 Å². The number of nitrogens with zero attached hydrogens (tertiary/aromatic N) is 7. The van der Waals surface area contributed by atoms with Crippen molar-refractivity contribution in [1.29, 1.82) is 0 Å². The average Bonchev–Trinajstić information content (AvgIpc) is 3.33. The molecule has 13 heteroatoms. The van der Waals surface area contributed by atoms with Gasteiger partial charge in [-0.2, -0.15) is 10.1 Å². The lowest BCUT2D eigenvalue weighted by molar-refractivity contribution is 0.0576. The molecule has 1 aliphatic rings. The molecule has 0 saturated carbocycles. The van der Waals surface area contributed by atoms with E-state index >= 15 is 0 Å². The zero-order chi connectivity index (χ0) is 27.9. The Balaban J connectivity index is 1.53. The highest BCUT2D eigenvalue weighted by Crippen LogP contribution is 2.36. The maximum Gasteiger partial charge on any atom is 0.414 e. The Bertz CT molecular complexity index is 1670. The largest absolute Gasteiger partial charge is 0.443 e. The van der Waals surface area contributed by atoms with Gasteiger partial charge in [-0.25, -0.2) is 14.6 Å². The van der Waals surface area contributed by atoms with Crippen molar-refractivity contribution in [2.24, 2.45) is 7.05 Å². The topological polar surface area (TPSA) is 149 Å². The number of ether oxygens (including phenoxy) is 1. The number of hydrogen-bond acceptors (Lipinski definition) is 9. The molecule has 13 nitrogen and oxygen atoms in total. The van der Waals surface area contributed by atoms with Crippen LogP contribution in [0.2, 0.25) is 0 Å². The van der Waals surface area contributed by atoms with Crippen LogP contribution in [0.1, 0.15) is 38.8 Å². The lowest BCUT2D eigenvalue weighted by Gasteiger charge is -2.35. The molecule has 4 aromatic rings. The SMILES string of the molecule is Cn1c(=O)n(C2CCN(C(=O)OC(C)(C)C)c3ccccc32)c(=O)c2cnc(Nc3cnn(CCO)c3)nc21. The fourth-order valence-electron chi connectivity index (χ4n) is 4.68. The van der Waals surface area contributed by atoms with Crippen LogP contribution in [0, 0.1) is 0 Å². The van der Waals surface area contributed by atoms with Crippen LogP contribution in [0.15, 0.2) is 52.4 Å². The van der Waals surface area contributed by atoms with Crippen molar-refractivity contribution in [1.82, 2.24) is 28.9 Å². The summed E-state index contributed by atoms with van der Waals surface area (Å²) in [6.45, 7) is 5.97. The number of amides is 1. The van der Waals surface area contributed by atoms with Crippen molar-refractivity contribution in [2.45, 2.75) is 45.4 Å². The molecule has 1 amide bonds. The standard InChI is InChI=1S/C26H30N8O5/c1-26(2,3)39-25(38)33-10-9-20(17-7-5-6-8-19(17)33)34-22(36)18-14-27-23(30-21(18)31(4)24(34)37)29-16-13-28-32(15-16)11-12-35/h5-8,13-15,20,35H,9-12H2,1-4H3,(H,27,29,30). The summed E-state index contributed by atoms with van der Waals surface area (Å²) in [7, 11) is 1.55. The lowest BCUT2D eigenvalue weighted by atomic mass is 9.96. The average molecular weight is 535 g/mol. The summed E-state index contributed by atoms with van der Waals surface area (Å²) in [5.41, 5.74) is 0.332. The Morgan fingerprint density at radius 3 is 2.72 bits per heavy atom. The van der Waals surface area contributed by atoms with Gasteiger partial charge >= 0.3 is 11.8 Å². The molecule has 39 heavy (non-hydrogen) atoms. The molecule has 1 unspecified atom stereocenters. The molecule has 0 saturated heterocycles. The van der Waals surface area contributed by atoms with Gasteiger partial charge in [-0.05, 0) is 38.8 Å². The van der Waals surface area contributed by atoms with Crippen LogP contribution >= 0.6 is 0 Å². The number of aromatic nitrogens is 6. The summed E-state index contributed by atoms with van der Waals surface area (Å²) in [6, 6.07) is 6.62. The first kappa shape index (κ1) is 26.1. The molecule has 0 fully saturated rings. The van der Waals surface area contributed by atoms with E-state index < -0.39 is 29.0 Å². The third-order valence-corrected chi connectivity index (χ3v) is 6.39. The number of para-hydroxylation sites is 1. The van der Waals surface area contributed by atoms with Gasteiger partial charge in [0, 0.05) is 26.0 Å². The minimum Gasteiger partial charge on any atom is -0.443 e. The molecule has 0 bridgehead atoms. The highest BCUT2D eigenvalue weighted by molar-refractivity contribution is 5.89.